The van der Waals surface area contributed by atoms with Crippen LogP contribution >= 0.6 is 0 Å². The summed E-state index contributed by atoms with van der Waals surface area (Å²) in [6, 6.07) is 11.5. The second-order valence-corrected chi connectivity index (χ2v) is 5.42. The summed E-state index contributed by atoms with van der Waals surface area (Å²) in [6.07, 6.45) is 0.557. The molecule has 0 bridgehead atoms. The molecule has 5 nitrogen and oxygen atoms in total. The molecule has 1 unspecified atom stereocenters. The third kappa shape index (κ3) is 4.25. The van der Waals surface area contributed by atoms with Gasteiger partial charge in [-0.3, -0.25) is 0 Å². The number of esters is 2. The predicted molar refractivity (Wildman–Crippen MR) is 89.2 cm³/mol. The van der Waals surface area contributed by atoms with Crippen molar-refractivity contribution in [1.29, 1.82) is 0 Å². The van der Waals surface area contributed by atoms with Gasteiger partial charge in [-0.25, -0.2) is 9.59 Å². The maximum atomic E-state index is 12.1. The Morgan fingerprint density at radius 2 is 1.67 bits per heavy atom. The van der Waals surface area contributed by atoms with E-state index in [9.17, 15) is 9.59 Å². The molecule has 0 amide bonds. The number of hydrogen-bond donors (Lipinski definition) is 0. The molecule has 0 N–H and O–H groups in total. The molecule has 0 fully saturated rings. The molecule has 0 saturated heterocycles. The van der Waals surface area contributed by atoms with Crippen molar-refractivity contribution in [3.05, 3.63) is 59.0 Å². The average molecular weight is 330 g/mol. The summed E-state index contributed by atoms with van der Waals surface area (Å²) in [5.74, 6) is -0.894. The van der Waals surface area contributed by atoms with Gasteiger partial charge in [0.1, 0.15) is 0 Å². The summed E-state index contributed by atoms with van der Waals surface area (Å²) >= 11 is 0. The van der Waals surface area contributed by atoms with E-state index in [4.69, 9.17) is 13.9 Å². The first-order valence-corrected chi connectivity index (χ1v) is 8.08. The molecule has 2 rings (SSSR count). The predicted octanol–water partition coefficient (Wildman–Crippen LogP) is 3.98. The molecule has 0 aliphatic heterocycles. The monoisotopic (exact) mass is 330 g/mol. The summed E-state index contributed by atoms with van der Waals surface area (Å²) < 4.78 is 15.4. The van der Waals surface area contributed by atoms with E-state index in [-0.39, 0.29) is 30.7 Å². The van der Waals surface area contributed by atoms with Gasteiger partial charge in [0.2, 0.25) is 11.5 Å². The number of furan rings is 1. The first-order chi connectivity index (χ1) is 11.6. The standard InChI is InChI=1S/C19H22O5/c1-4-22-18(20)16-12-15(17(24-16)19(21)23-5-2)11-13(3)14-9-7-6-8-10-14/h6-10,12-13H,4-5,11H2,1-3H3. The van der Waals surface area contributed by atoms with Gasteiger partial charge in [-0.2, -0.15) is 0 Å². The van der Waals surface area contributed by atoms with Gasteiger partial charge in [0.05, 0.1) is 13.2 Å². The second-order valence-electron chi connectivity index (χ2n) is 5.42. The van der Waals surface area contributed by atoms with E-state index in [0.29, 0.717) is 12.0 Å². The Morgan fingerprint density at radius 1 is 1.04 bits per heavy atom. The van der Waals surface area contributed by atoms with Crippen molar-refractivity contribution in [3.8, 4) is 0 Å². The zero-order chi connectivity index (χ0) is 17.5. The van der Waals surface area contributed by atoms with Crippen molar-refractivity contribution in [3.63, 3.8) is 0 Å². The van der Waals surface area contributed by atoms with Crippen molar-refractivity contribution in [2.45, 2.75) is 33.1 Å². The molecule has 1 atom stereocenters. The lowest BCUT2D eigenvalue weighted by atomic mass is 9.94. The Labute approximate surface area is 141 Å². The molecule has 128 valence electrons. The Bertz CT molecular complexity index is 687. The van der Waals surface area contributed by atoms with Crippen LogP contribution in [0.1, 0.15) is 58.9 Å². The second kappa shape index (κ2) is 8.34. The Hall–Kier alpha value is -2.56. The molecule has 0 saturated carbocycles. The number of ether oxygens (including phenoxy) is 2. The van der Waals surface area contributed by atoms with E-state index in [1.807, 2.05) is 30.3 Å². The number of carbonyl (C=O) groups is 2. The van der Waals surface area contributed by atoms with E-state index < -0.39 is 11.9 Å². The third-order valence-corrected chi connectivity index (χ3v) is 3.64. The number of benzene rings is 1. The molecule has 1 aromatic heterocycles. The van der Waals surface area contributed by atoms with Crippen molar-refractivity contribution in [1.82, 2.24) is 0 Å². The zero-order valence-electron chi connectivity index (χ0n) is 14.2. The summed E-state index contributed by atoms with van der Waals surface area (Å²) in [6.45, 7) is 5.97. The zero-order valence-corrected chi connectivity index (χ0v) is 14.2. The molecule has 0 aliphatic carbocycles. The molecule has 1 heterocycles. The minimum Gasteiger partial charge on any atom is -0.460 e. The smallest absolute Gasteiger partial charge is 0.374 e. The SMILES string of the molecule is CCOC(=O)c1cc(CC(C)c2ccccc2)c(C(=O)OCC)o1. The van der Waals surface area contributed by atoms with Crippen LogP contribution in [0.4, 0.5) is 0 Å². The molecule has 1 aromatic carbocycles. The van der Waals surface area contributed by atoms with Crippen LogP contribution < -0.4 is 0 Å². The highest BCUT2D eigenvalue weighted by atomic mass is 16.6. The summed E-state index contributed by atoms with van der Waals surface area (Å²) in [5, 5.41) is 0. The first kappa shape index (κ1) is 17.8. The largest absolute Gasteiger partial charge is 0.460 e. The number of carbonyl (C=O) groups excluding carboxylic acids is 2. The molecule has 0 radical (unpaired) electrons. The van der Waals surface area contributed by atoms with E-state index in [1.54, 1.807) is 19.9 Å². The lowest BCUT2D eigenvalue weighted by molar-refractivity contribution is 0.0455. The van der Waals surface area contributed by atoms with Crippen LogP contribution in [0.15, 0.2) is 40.8 Å². The van der Waals surface area contributed by atoms with Crippen molar-refractivity contribution in [2.75, 3.05) is 13.2 Å². The molecule has 0 spiro atoms. The minimum absolute atomic E-state index is 0.0233. The van der Waals surface area contributed by atoms with Crippen LogP contribution in [-0.4, -0.2) is 25.2 Å². The third-order valence-electron chi connectivity index (χ3n) is 3.64. The number of rotatable bonds is 7. The molecular formula is C19H22O5. The highest BCUT2D eigenvalue weighted by Crippen LogP contribution is 2.25. The fourth-order valence-corrected chi connectivity index (χ4v) is 2.48. The van der Waals surface area contributed by atoms with E-state index in [0.717, 1.165) is 5.56 Å². The van der Waals surface area contributed by atoms with E-state index in [2.05, 4.69) is 6.92 Å². The highest BCUT2D eigenvalue weighted by Gasteiger charge is 2.24. The van der Waals surface area contributed by atoms with Gasteiger partial charge in [-0.15, -0.1) is 0 Å². The highest BCUT2D eigenvalue weighted by molar-refractivity contribution is 5.92. The van der Waals surface area contributed by atoms with Gasteiger partial charge >= 0.3 is 11.9 Å². The van der Waals surface area contributed by atoms with Crippen LogP contribution in [0, 0.1) is 0 Å². The quantitative estimate of drug-likeness (QED) is 0.718. The van der Waals surface area contributed by atoms with Gasteiger partial charge in [-0.1, -0.05) is 37.3 Å². The molecule has 5 heteroatoms. The van der Waals surface area contributed by atoms with Crippen molar-refractivity contribution >= 4 is 11.9 Å². The molecule has 24 heavy (non-hydrogen) atoms. The summed E-state index contributed by atoms with van der Waals surface area (Å²) in [7, 11) is 0. The lowest BCUT2D eigenvalue weighted by Crippen LogP contribution is -2.08. The average Bonchev–Trinajstić information content (AvgIpc) is 3.00. The maximum Gasteiger partial charge on any atom is 0.374 e. The van der Waals surface area contributed by atoms with Crippen LogP contribution in [0.2, 0.25) is 0 Å². The van der Waals surface area contributed by atoms with Crippen LogP contribution in [0.5, 0.6) is 0 Å². The molecule has 2 aromatic rings. The van der Waals surface area contributed by atoms with Crippen molar-refractivity contribution in [2.24, 2.45) is 0 Å². The van der Waals surface area contributed by atoms with Crippen LogP contribution in [0.25, 0.3) is 0 Å². The van der Waals surface area contributed by atoms with E-state index in [1.165, 1.54) is 0 Å². The molecular weight excluding hydrogens is 308 g/mol. The Kier molecular flexibility index (Phi) is 6.18. The molecule has 0 aliphatic rings. The number of hydrogen-bond acceptors (Lipinski definition) is 5. The fraction of sp³-hybridized carbons (Fsp3) is 0.368. The van der Waals surface area contributed by atoms with Crippen LogP contribution in [-0.2, 0) is 15.9 Å². The van der Waals surface area contributed by atoms with Gasteiger partial charge < -0.3 is 13.9 Å². The summed E-state index contributed by atoms with van der Waals surface area (Å²) in [4.78, 5) is 24.0. The van der Waals surface area contributed by atoms with Gasteiger partial charge in [0.25, 0.3) is 0 Å². The first-order valence-electron chi connectivity index (χ1n) is 8.08. The van der Waals surface area contributed by atoms with E-state index >= 15 is 0 Å². The Morgan fingerprint density at radius 3 is 2.29 bits per heavy atom. The van der Waals surface area contributed by atoms with Gasteiger partial charge in [0, 0.05) is 5.56 Å². The maximum absolute atomic E-state index is 12.1. The minimum atomic E-state index is -0.582. The topological polar surface area (TPSA) is 65.7 Å². The van der Waals surface area contributed by atoms with Crippen molar-refractivity contribution < 1.29 is 23.5 Å². The Balaban J connectivity index is 2.28. The van der Waals surface area contributed by atoms with Crippen LogP contribution in [0.3, 0.4) is 0 Å². The lowest BCUT2D eigenvalue weighted by Gasteiger charge is -2.11. The fourth-order valence-electron chi connectivity index (χ4n) is 2.48. The van der Waals surface area contributed by atoms with Gasteiger partial charge in [-0.05, 0) is 37.8 Å². The summed E-state index contributed by atoms with van der Waals surface area (Å²) in [5.41, 5.74) is 1.79. The van der Waals surface area contributed by atoms with Gasteiger partial charge in [0.15, 0.2) is 0 Å². The normalized spacial score (nSPS) is 11.8.